The molecule has 0 aliphatic heterocycles. The van der Waals surface area contributed by atoms with Gasteiger partial charge in [0.1, 0.15) is 17.4 Å². The van der Waals surface area contributed by atoms with Crippen LogP contribution in [0.5, 0.6) is 0 Å². The molecule has 3 nitrogen and oxygen atoms in total. The first-order chi connectivity index (χ1) is 9.22. The first-order valence-electron chi connectivity index (χ1n) is 6.02. The molecule has 1 aromatic carbocycles. The molecule has 0 fully saturated rings. The summed E-state index contributed by atoms with van der Waals surface area (Å²) in [5, 5.41) is 9.00. The lowest BCUT2D eigenvalue weighted by molar-refractivity contribution is 0.623. The van der Waals surface area contributed by atoms with Crippen molar-refractivity contribution in [2.75, 3.05) is 18.5 Å². The van der Waals surface area contributed by atoms with E-state index in [0.717, 1.165) is 12.1 Å². The SMILES string of the molecule is CN(CCc1ccccn1)c1cccc(F)c1C#N. The molecule has 0 bridgehead atoms. The summed E-state index contributed by atoms with van der Waals surface area (Å²) in [5.74, 6) is -0.482. The molecule has 2 rings (SSSR count). The number of hydrogen-bond acceptors (Lipinski definition) is 3. The molecule has 0 atom stereocenters. The Morgan fingerprint density at radius 3 is 2.79 bits per heavy atom. The Hall–Kier alpha value is -2.41. The van der Waals surface area contributed by atoms with Crippen LogP contribution in [0.3, 0.4) is 0 Å². The molecule has 0 saturated heterocycles. The zero-order valence-corrected chi connectivity index (χ0v) is 10.7. The average Bonchev–Trinajstić information content (AvgIpc) is 2.45. The summed E-state index contributed by atoms with van der Waals surface area (Å²) in [6.45, 7) is 0.676. The maximum Gasteiger partial charge on any atom is 0.143 e. The largest absolute Gasteiger partial charge is 0.373 e. The molecule has 0 aliphatic carbocycles. The third-order valence-corrected chi connectivity index (χ3v) is 2.94. The van der Waals surface area contributed by atoms with Crippen molar-refractivity contribution in [3.63, 3.8) is 0 Å². The van der Waals surface area contributed by atoms with Gasteiger partial charge in [-0.3, -0.25) is 4.98 Å². The minimum atomic E-state index is -0.482. The Morgan fingerprint density at radius 2 is 2.11 bits per heavy atom. The zero-order chi connectivity index (χ0) is 13.7. The van der Waals surface area contributed by atoms with Crippen LogP contribution in [0.1, 0.15) is 11.3 Å². The number of nitriles is 1. The van der Waals surface area contributed by atoms with Crippen molar-refractivity contribution in [2.24, 2.45) is 0 Å². The summed E-state index contributed by atoms with van der Waals surface area (Å²) in [7, 11) is 1.85. The van der Waals surface area contributed by atoms with Crippen LogP contribution in [0.25, 0.3) is 0 Å². The summed E-state index contributed by atoms with van der Waals surface area (Å²) in [6.07, 6.45) is 2.50. The fourth-order valence-electron chi connectivity index (χ4n) is 1.89. The van der Waals surface area contributed by atoms with Gasteiger partial charge in [-0.25, -0.2) is 4.39 Å². The lowest BCUT2D eigenvalue weighted by Gasteiger charge is -2.20. The third-order valence-electron chi connectivity index (χ3n) is 2.94. The van der Waals surface area contributed by atoms with Gasteiger partial charge in [0.15, 0.2) is 0 Å². The quantitative estimate of drug-likeness (QED) is 0.843. The van der Waals surface area contributed by atoms with Crippen molar-refractivity contribution in [3.05, 3.63) is 59.7 Å². The van der Waals surface area contributed by atoms with E-state index in [4.69, 9.17) is 5.26 Å². The standard InChI is InChI=1S/C15H14FN3/c1-19(10-8-12-5-2-3-9-18-12)15-7-4-6-14(16)13(15)11-17/h2-7,9H,8,10H2,1H3. The number of anilines is 1. The predicted octanol–water partition coefficient (Wildman–Crippen LogP) is 2.77. The first-order valence-corrected chi connectivity index (χ1v) is 6.02. The molecule has 0 unspecified atom stereocenters. The van der Waals surface area contributed by atoms with E-state index < -0.39 is 5.82 Å². The number of aromatic nitrogens is 1. The van der Waals surface area contributed by atoms with Crippen molar-refractivity contribution >= 4 is 5.69 Å². The number of likely N-dealkylation sites (N-methyl/N-ethyl adjacent to an activating group) is 1. The highest BCUT2D eigenvalue weighted by molar-refractivity contribution is 5.59. The molecule has 96 valence electrons. The monoisotopic (exact) mass is 255 g/mol. The summed E-state index contributed by atoms with van der Waals surface area (Å²) >= 11 is 0. The third kappa shape index (κ3) is 3.08. The fraction of sp³-hybridized carbons (Fsp3) is 0.200. The van der Waals surface area contributed by atoms with Crippen LogP contribution in [-0.4, -0.2) is 18.6 Å². The number of benzene rings is 1. The molecule has 0 spiro atoms. The number of rotatable bonds is 4. The number of halogens is 1. The van der Waals surface area contributed by atoms with Gasteiger partial charge in [-0.1, -0.05) is 12.1 Å². The van der Waals surface area contributed by atoms with Gasteiger partial charge in [0.25, 0.3) is 0 Å². The second-order valence-corrected chi connectivity index (χ2v) is 4.24. The maximum absolute atomic E-state index is 13.5. The second kappa shape index (κ2) is 5.96. The van der Waals surface area contributed by atoms with E-state index >= 15 is 0 Å². The molecule has 2 aromatic rings. The molecule has 0 radical (unpaired) electrons. The molecule has 19 heavy (non-hydrogen) atoms. The molecule has 0 amide bonds. The van der Waals surface area contributed by atoms with Gasteiger partial charge in [-0.15, -0.1) is 0 Å². The molecule has 1 aromatic heterocycles. The zero-order valence-electron chi connectivity index (χ0n) is 10.7. The van der Waals surface area contributed by atoms with Crippen LogP contribution in [-0.2, 0) is 6.42 Å². The van der Waals surface area contributed by atoms with Crippen LogP contribution in [0.4, 0.5) is 10.1 Å². The summed E-state index contributed by atoms with van der Waals surface area (Å²) in [4.78, 5) is 6.11. The number of nitrogens with zero attached hydrogens (tertiary/aromatic N) is 3. The van der Waals surface area contributed by atoms with E-state index in [9.17, 15) is 4.39 Å². The van der Waals surface area contributed by atoms with Gasteiger partial charge >= 0.3 is 0 Å². The van der Waals surface area contributed by atoms with Crippen LogP contribution in [0.2, 0.25) is 0 Å². The van der Waals surface area contributed by atoms with Gasteiger partial charge in [-0.05, 0) is 24.3 Å². The van der Waals surface area contributed by atoms with Crippen molar-refractivity contribution in [1.82, 2.24) is 4.98 Å². The molecule has 0 N–H and O–H groups in total. The van der Waals surface area contributed by atoms with Gasteiger partial charge in [-0.2, -0.15) is 5.26 Å². The Morgan fingerprint density at radius 1 is 1.26 bits per heavy atom. The van der Waals surface area contributed by atoms with E-state index in [0.29, 0.717) is 12.2 Å². The summed E-state index contributed by atoms with van der Waals surface area (Å²) in [5.41, 5.74) is 1.67. The minimum absolute atomic E-state index is 0.0889. The van der Waals surface area contributed by atoms with Crippen LogP contribution < -0.4 is 4.90 Å². The normalized spacial score (nSPS) is 9.95. The second-order valence-electron chi connectivity index (χ2n) is 4.24. The smallest absolute Gasteiger partial charge is 0.143 e. The highest BCUT2D eigenvalue weighted by Crippen LogP contribution is 2.21. The molecule has 0 aliphatic rings. The Balaban J connectivity index is 2.11. The molecule has 1 heterocycles. The summed E-state index contributed by atoms with van der Waals surface area (Å²) in [6, 6.07) is 12.3. The van der Waals surface area contributed by atoms with Crippen molar-refractivity contribution in [1.29, 1.82) is 5.26 Å². The van der Waals surface area contributed by atoms with E-state index in [1.807, 2.05) is 36.2 Å². The van der Waals surface area contributed by atoms with Crippen molar-refractivity contribution in [3.8, 4) is 6.07 Å². The van der Waals surface area contributed by atoms with Crippen LogP contribution >= 0.6 is 0 Å². The number of hydrogen-bond donors (Lipinski definition) is 0. The number of pyridine rings is 1. The van der Waals surface area contributed by atoms with Gasteiger partial charge in [0, 0.05) is 31.9 Å². The molecular formula is C15H14FN3. The average molecular weight is 255 g/mol. The maximum atomic E-state index is 13.5. The Labute approximate surface area is 111 Å². The first kappa shape index (κ1) is 13.0. The van der Waals surface area contributed by atoms with Gasteiger partial charge in [0.05, 0.1) is 5.69 Å². The topological polar surface area (TPSA) is 39.9 Å². The van der Waals surface area contributed by atoms with Crippen LogP contribution in [0, 0.1) is 17.1 Å². The Kier molecular flexibility index (Phi) is 4.09. The Bertz CT molecular complexity index is 590. The van der Waals surface area contributed by atoms with E-state index in [1.165, 1.54) is 6.07 Å². The summed E-state index contributed by atoms with van der Waals surface area (Å²) < 4.78 is 13.5. The van der Waals surface area contributed by atoms with E-state index in [2.05, 4.69) is 4.98 Å². The lowest BCUT2D eigenvalue weighted by atomic mass is 10.1. The fourth-order valence-corrected chi connectivity index (χ4v) is 1.89. The van der Waals surface area contributed by atoms with Gasteiger partial charge in [0.2, 0.25) is 0 Å². The highest BCUT2D eigenvalue weighted by Gasteiger charge is 2.11. The van der Waals surface area contributed by atoms with Gasteiger partial charge < -0.3 is 4.90 Å². The van der Waals surface area contributed by atoms with E-state index in [1.54, 1.807) is 18.3 Å². The van der Waals surface area contributed by atoms with Crippen molar-refractivity contribution in [2.45, 2.75) is 6.42 Å². The lowest BCUT2D eigenvalue weighted by Crippen LogP contribution is -2.21. The van der Waals surface area contributed by atoms with Crippen molar-refractivity contribution < 1.29 is 4.39 Å². The van der Waals surface area contributed by atoms with Crippen LogP contribution in [0.15, 0.2) is 42.6 Å². The highest BCUT2D eigenvalue weighted by atomic mass is 19.1. The minimum Gasteiger partial charge on any atom is -0.373 e. The van der Waals surface area contributed by atoms with E-state index in [-0.39, 0.29) is 5.56 Å². The molecule has 0 saturated carbocycles. The predicted molar refractivity (Wildman–Crippen MR) is 72.3 cm³/mol. The molecule has 4 heteroatoms. The molecular weight excluding hydrogens is 241 g/mol.